The zero-order valence-corrected chi connectivity index (χ0v) is 21.5. The topological polar surface area (TPSA) is 84.9 Å². The molecule has 1 aliphatic rings. The zero-order valence-electron chi connectivity index (χ0n) is 19.1. The second-order valence-corrected chi connectivity index (χ2v) is 9.71. The van der Waals surface area contributed by atoms with Gasteiger partial charge < -0.3 is 9.47 Å². The molecule has 0 atom stereocenters. The average molecular weight is 539 g/mol. The third-order valence-electron chi connectivity index (χ3n) is 5.09. The van der Waals surface area contributed by atoms with Crippen molar-refractivity contribution in [2.45, 2.75) is 6.92 Å². The molecule has 3 aromatic carbocycles. The highest BCUT2D eigenvalue weighted by Crippen LogP contribution is 2.32. The van der Waals surface area contributed by atoms with Gasteiger partial charge in [-0.3, -0.25) is 15.0 Å². The number of aryl methyl sites for hydroxylation is 1. The summed E-state index contributed by atoms with van der Waals surface area (Å²) in [6, 6.07) is 18.2. The van der Waals surface area contributed by atoms with E-state index in [9.17, 15) is 14.4 Å². The molecule has 1 fully saturated rings. The number of esters is 1. The first-order chi connectivity index (χ1) is 17.2. The number of nitrogens with zero attached hydrogens (tertiary/aromatic N) is 1. The van der Waals surface area contributed by atoms with Crippen molar-refractivity contribution in [2.75, 3.05) is 7.11 Å². The first-order valence-electron chi connectivity index (χ1n) is 10.6. The number of methoxy groups -OCH3 is 1. The smallest absolute Gasteiger partial charge is 0.343 e. The lowest BCUT2D eigenvalue weighted by Crippen LogP contribution is -2.44. The summed E-state index contributed by atoms with van der Waals surface area (Å²) < 4.78 is 10.7. The van der Waals surface area contributed by atoms with Gasteiger partial charge in [-0.05, 0) is 84.9 Å². The molecule has 2 amide bonds. The Kier molecular flexibility index (Phi) is 7.73. The van der Waals surface area contributed by atoms with Gasteiger partial charge in [0.2, 0.25) is 0 Å². The van der Waals surface area contributed by atoms with Gasteiger partial charge in [0.05, 0.1) is 28.2 Å². The number of carbonyl (C=O) groups is 3. The van der Waals surface area contributed by atoms with Crippen LogP contribution in [0.3, 0.4) is 0 Å². The van der Waals surface area contributed by atoms with Crippen molar-refractivity contribution in [3.05, 3.63) is 98.9 Å². The highest BCUT2D eigenvalue weighted by molar-refractivity contribution is 8.26. The van der Waals surface area contributed by atoms with Crippen LogP contribution in [0.25, 0.3) is 6.08 Å². The van der Waals surface area contributed by atoms with E-state index in [4.69, 9.17) is 33.3 Å². The second kappa shape index (κ2) is 10.9. The number of halogens is 1. The van der Waals surface area contributed by atoms with Crippen LogP contribution < -0.4 is 14.9 Å². The molecule has 7 nitrogen and oxygen atoms in total. The van der Waals surface area contributed by atoms with Gasteiger partial charge in [0.25, 0.3) is 11.8 Å². The summed E-state index contributed by atoms with van der Waals surface area (Å²) in [5.74, 6) is -0.518. The summed E-state index contributed by atoms with van der Waals surface area (Å²) >= 11 is 12.5. The molecular weight excluding hydrogens is 520 g/mol. The minimum atomic E-state index is -0.541. The SMILES string of the molecule is COc1ccc(C(=O)Oc2ccc(/C=C3/SC(=S)N(NC(=O)c4ccc(C)cc4Cl)C3=O)cc2)cc1. The fourth-order valence-electron chi connectivity index (χ4n) is 3.21. The van der Waals surface area contributed by atoms with Gasteiger partial charge in [0.15, 0.2) is 4.32 Å². The fraction of sp³-hybridized carbons (Fsp3) is 0.0769. The van der Waals surface area contributed by atoms with Gasteiger partial charge in [0.1, 0.15) is 11.5 Å². The van der Waals surface area contributed by atoms with E-state index in [0.29, 0.717) is 27.5 Å². The maximum atomic E-state index is 12.9. The van der Waals surface area contributed by atoms with Gasteiger partial charge in [-0.1, -0.05) is 41.6 Å². The average Bonchev–Trinajstić information content (AvgIpc) is 3.12. The molecular formula is C26H19ClN2O5S2. The summed E-state index contributed by atoms with van der Waals surface area (Å²) in [5, 5.41) is 1.30. The largest absolute Gasteiger partial charge is 0.497 e. The van der Waals surface area contributed by atoms with E-state index in [1.807, 2.05) is 6.92 Å². The van der Waals surface area contributed by atoms with Crippen LogP contribution in [0.2, 0.25) is 5.02 Å². The van der Waals surface area contributed by atoms with Crippen molar-refractivity contribution in [3.63, 3.8) is 0 Å². The number of hydrogen-bond donors (Lipinski definition) is 1. The normalized spacial score (nSPS) is 14.2. The van der Waals surface area contributed by atoms with E-state index < -0.39 is 17.8 Å². The van der Waals surface area contributed by atoms with Crippen LogP contribution in [0.5, 0.6) is 11.5 Å². The third kappa shape index (κ3) is 5.76. The van der Waals surface area contributed by atoms with Crippen molar-refractivity contribution < 1.29 is 23.9 Å². The molecule has 0 aromatic heterocycles. The summed E-state index contributed by atoms with van der Waals surface area (Å²) in [6.45, 7) is 1.86. The van der Waals surface area contributed by atoms with Crippen molar-refractivity contribution in [1.29, 1.82) is 0 Å². The van der Waals surface area contributed by atoms with E-state index in [1.54, 1.807) is 79.9 Å². The van der Waals surface area contributed by atoms with Crippen LogP contribution in [-0.4, -0.2) is 34.2 Å². The molecule has 0 radical (unpaired) electrons. The van der Waals surface area contributed by atoms with Crippen LogP contribution >= 0.6 is 35.6 Å². The lowest BCUT2D eigenvalue weighted by Gasteiger charge is -2.16. The van der Waals surface area contributed by atoms with Gasteiger partial charge in [-0.25, -0.2) is 4.79 Å². The van der Waals surface area contributed by atoms with Crippen LogP contribution in [0.1, 0.15) is 31.8 Å². The van der Waals surface area contributed by atoms with Crippen LogP contribution in [0.15, 0.2) is 71.6 Å². The predicted octanol–water partition coefficient (Wildman–Crippen LogP) is 5.42. The first-order valence-corrected chi connectivity index (χ1v) is 12.2. The maximum absolute atomic E-state index is 12.9. The highest BCUT2D eigenvalue weighted by Gasteiger charge is 2.34. The molecule has 0 bridgehead atoms. The molecule has 0 unspecified atom stereocenters. The number of nitrogens with one attached hydrogen (secondary N) is 1. The van der Waals surface area contributed by atoms with Crippen molar-refractivity contribution >= 4 is 63.8 Å². The molecule has 1 heterocycles. The Hall–Kier alpha value is -3.66. The lowest BCUT2D eigenvalue weighted by molar-refractivity contribution is -0.123. The number of hydrazine groups is 1. The fourth-order valence-corrected chi connectivity index (χ4v) is 4.71. The molecule has 1 N–H and O–H groups in total. The van der Waals surface area contributed by atoms with Crippen molar-refractivity contribution in [2.24, 2.45) is 0 Å². The molecule has 10 heteroatoms. The second-order valence-electron chi connectivity index (χ2n) is 7.63. The summed E-state index contributed by atoms with van der Waals surface area (Å²) in [5.41, 5.74) is 4.74. The standard InChI is InChI=1S/C26H19ClN2O5S2/c1-15-3-12-20(21(27)13-15)23(30)28-29-24(31)22(36-26(29)35)14-16-4-8-19(9-5-16)34-25(32)17-6-10-18(33-2)11-7-17/h3-14H,1-2H3,(H,28,30)/b22-14+. The Morgan fingerprint density at radius 2 is 1.69 bits per heavy atom. The van der Waals surface area contributed by atoms with Crippen LogP contribution in [0.4, 0.5) is 0 Å². The summed E-state index contributed by atoms with van der Waals surface area (Å²) in [6.07, 6.45) is 1.64. The van der Waals surface area contributed by atoms with Gasteiger partial charge in [-0.15, -0.1) is 0 Å². The molecule has 0 aliphatic carbocycles. The number of thioether (sulfide) groups is 1. The molecule has 0 spiro atoms. The maximum Gasteiger partial charge on any atom is 0.343 e. The van der Waals surface area contributed by atoms with Gasteiger partial charge in [0, 0.05) is 0 Å². The minimum Gasteiger partial charge on any atom is -0.497 e. The zero-order chi connectivity index (χ0) is 25.8. The molecule has 1 saturated heterocycles. The number of carbonyl (C=O) groups excluding carboxylic acids is 3. The van der Waals surface area contributed by atoms with Crippen LogP contribution in [0, 0.1) is 6.92 Å². The Morgan fingerprint density at radius 3 is 2.33 bits per heavy atom. The Labute approximate surface area is 222 Å². The van der Waals surface area contributed by atoms with E-state index in [0.717, 1.165) is 22.3 Å². The highest BCUT2D eigenvalue weighted by atomic mass is 35.5. The molecule has 1 aliphatic heterocycles. The third-order valence-corrected chi connectivity index (χ3v) is 6.71. The van der Waals surface area contributed by atoms with E-state index in [1.165, 1.54) is 0 Å². The first kappa shape index (κ1) is 25.4. The van der Waals surface area contributed by atoms with Crippen molar-refractivity contribution in [1.82, 2.24) is 10.4 Å². The molecule has 36 heavy (non-hydrogen) atoms. The number of ether oxygens (including phenoxy) is 2. The number of benzene rings is 3. The Balaban J connectivity index is 1.41. The lowest BCUT2D eigenvalue weighted by atomic mass is 10.1. The molecule has 0 saturated carbocycles. The summed E-state index contributed by atoms with van der Waals surface area (Å²) in [4.78, 5) is 38.2. The summed E-state index contributed by atoms with van der Waals surface area (Å²) in [7, 11) is 1.55. The number of amides is 2. The van der Waals surface area contributed by atoms with E-state index >= 15 is 0 Å². The number of rotatable bonds is 6. The molecule has 182 valence electrons. The van der Waals surface area contributed by atoms with E-state index in [-0.39, 0.29) is 14.9 Å². The quantitative estimate of drug-likeness (QED) is 0.194. The Bertz CT molecular complexity index is 1390. The van der Waals surface area contributed by atoms with Crippen molar-refractivity contribution in [3.8, 4) is 11.5 Å². The van der Waals surface area contributed by atoms with Gasteiger partial charge >= 0.3 is 5.97 Å². The van der Waals surface area contributed by atoms with Gasteiger partial charge in [-0.2, -0.15) is 5.01 Å². The number of thiocarbonyl (C=S) groups is 1. The van der Waals surface area contributed by atoms with E-state index in [2.05, 4.69) is 5.43 Å². The van der Waals surface area contributed by atoms with Crippen LogP contribution in [-0.2, 0) is 4.79 Å². The molecule has 3 aromatic rings. The number of hydrogen-bond acceptors (Lipinski definition) is 7. The molecule has 4 rings (SSSR count). The predicted molar refractivity (Wildman–Crippen MR) is 143 cm³/mol. The Morgan fingerprint density at radius 1 is 1.03 bits per heavy atom. The minimum absolute atomic E-state index is 0.188. The monoisotopic (exact) mass is 538 g/mol.